The van der Waals surface area contributed by atoms with Gasteiger partial charge in [0.2, 0.25) is 0 Å². The molecule has 1 aliphatic rings. The van der Waals surface area contributed by atoms with Crippen LogP contribution in [0.1, 0.15) is 49.4 Å². The number of pyridine rings is 1. The summed E-state index contributed by atoms with van der Waals surface area (Å²) in [5, 5.41) is 8.67. The first-order chi connectivity index (χ1) is 9.94. The standard InChI is InChI=1S/C14H20N2O4S/c1-2-10-5-3-4-6-12(10)16-21(19,20)13-8-7-11(9-15-13)14(17)18/h7-10,12,16H,2-6H2,1H3,(H,17,18). The van der Waals surface area contributed by atoms with Gasteiger partial charge in [0.05, 0.1) is 5.56 Å². The van der Waals surface area contributed by atoms with Gasteiger partial charge in [0, 0.05) is 12.2 Å². The number of carbonyl (C=O) groups is 1. The lowest BCUT2D eigenvalue weighted by Gasteiger charge is -2.31. The van der Waals surface area contributed by atoms with Gasteiger partial charge in [-0.3, -0.25) is 0 Å². The smallest absolute Gasteiger partial charge is 0.337 e. The first-order valence-corrected chi connectivity index (χ1v) is 8.64. The van der Waals surface area contributed by atoms with E-state index in [0.717, 1.165) is 38.3 Å². The van der Waals surface area contributed by atoms with Gasteiger partial charge in [-0.2, -0.15) is 0 Å². The molecular weight excluding hydrogens is 292 g/mol. The topological polar surface area (TPSA) is 96.4 Å². The maximum Gasteiger partial charge on any atom is 0.337 e. The third-order valence-corrected chi connectivity index (χ3v) is 5.40. The van der Waals surface area contributed by atoms with E-state index in [2.05, 4.69) is 16.6 Å². The van der Waals surface area contributed by atoms with Gasteiger partial charge in [-0.25, -0.2) is 22.9 Å². The fraction of sp³-hybridized carbons (Fsp3) is 0.571. The van der Waals surface area contributed by atoms with Gasteiger partial charge in [-0.05, 0) is 30.9 Å². The van der Waals surface area contributed by atoms with Gasteiger partial charge in [-0.1, -0.05) is 26.2 Å². The number of nitrogens with one attached hydrogen (secondary N) is 1. The lowest BCUT2D eigenvalue weighted by atomic mass is 9.83. The minimum absolute atomic E-state index is 0.0296. The van der Waals surface area contributed by atoms with Gasteiger partial charge in [0.15, 0.2) is 5.03 Å². The highest BCUT2D eigenvalue weighted by atomic mass is 32.2. The summed E-state index contributed by atoms with van der Waals surface area (Å²) < 4.78 is 27.4. The molecule has 7 heteroatoms. The summed E-state index contributed by atoms with van der Waals surface area (Å²) in [7, 11) is -3.70. The Balaban J connectivity index is 2.15. The molecule has 1 aromatic heterocycles. The van der Waals surface area contributed by atoms with Crippen molar-refractivity contribution >= 4 is 16.0 Å². The highest BCUT2D eigenvalue weighted by Gasteiger charge is 2.29. The second kappa shape index (κ2) is 6.53. The van der Waals surface area contributed by atoms with E-state index in [-0.39, 0.29) is 16.6 Å². The van der Waals surface area contributed by atoms with Crippen LogP contribution in [0.4, 0.5) is 0 Å². The molecule has 0 bridgehead atoms. The summed E-state index contributed by atoms with van der Waals surface area (Å²) in [6.07, 6.45) is 6.05. The fourth-order valence-electron chi connectivity index (χ4n) is 2.78. The van der Waals surface area contributed by atoms with Gasteiger partial charge in [-0.15, -0.1) is 0 Å². The predicted molar refractivity (Wildman–Crippen MR) is 77.6 cm³/mol. The minimum Gasteiger partial charge on any atom is -0.478 e. The van der Waals surface area contributed by atoms with Crippen LogP contribution < -0.4 is 4.72 Å². The average Bonchev–Trinajstić information content (AvgIpc) is 2.47. The zero-order valence-corrected chi connectivity index (χ0v) is 12.8. The van der Waals surface area contributed by atoms with E-state index in [4.69, 9.17) is 5.11 Å². The highest BCUT2D eigenvalue weighted by molar-refractivity contribution is 7.89. The quantitative estimate of drug-likeness (QED) is 0.867. The van der Waals surface area contributed by atoms with E-state index in [1.807, 2.05) is 0 Å². The lowest BCUT2D eigenvalue weighted by Crippen LogP contribution is -2.42. The number of hydrogen-bond donors (Lipinski definition) is 2. The maximum absolute atomic E-state index is 12.3. The molecule has 2 unspecified atom stereocenters. The number of rotatable bonds is 5. The van der Waals surface area contributed by atoms with E-state index < -0.39 is 16.0 Å². The molecule has 0 aromatic carbocycles. The zero-order chi connectivity index (χ0) is 15.5. The Bertz CT molecular complexity index is 598. The molecule has 116 valence electrons. The molecule has 0 saturated heterocycles. The van der Waals surface area contributed by atoms with Crippen LogP contribution in [-0.4, -0.2) is 30.5 Å². The van der Waals surface area contributed by atoms with Crippen molar-refractivity contribution in [3.8, 4) is 0 Å². The molecule has 0 amide bonds. The van der Waals surface area contributed by atoms with Crippen LogP contribution in [0.5, 0.6) is 0 Å². The number of aromatic carboxylic acids is 1. The van der Waals surface area contributed by atoms with Gasteiger partial charge in [0.1, 0.15) is 0 Å². The van der Waals surface area contributed by atoms with Crippen LogP contribution in [0.3, 0.4) is 0 Å². The Morgan fingerprint density at radius 3 is 2.67 bits per heavy atom. The van der Waals surface area contributed by atoms with Crippen molar-refractivity contribution in [3.63, 3.8) is 0 Å². The lowest BCUT2D eigenvalue weighted by molar-refractivity contribution is 0.0696. The summed E-state index contributed by atoms with van der Waals surface area (Å²) in [5.41, 5.74) is -0.0296. The molecule has 2 N–H and O–H groups in total. The van der Waals surface area contributed by atoms with E-state index in [9.17, 15) is 13.2 Å². The summed E-state index contributed by atoms with van der Waals surface area (Å²) in [4.78, 5) is 14.5. The molecule has 2 rings (SSSR count). The minimum atomic E-state index is -3.70. The third-order valence-electron chi connectivity index (χ3n) is 4.00. The average molecular weight is 312 g/mol. The van der Waals surface area contributed by atoms with E-state index in [0.29, 0.717) is 5.92 Å². The Kier molecular flexibility index (Phi) is 4.95. The number of sulfonamides is 1. The fourth-order valence-corrected chi connectivity index (χ4v) is 4.05. The zero-order valence-electron chi connectivity index (χ0n) is 11.9. The summed E-state index contributed by atoms with van der Waals surface area (Å²) in [6, 6.07) is 2.42. The SMILES string of the molecule is CCC1CCCCC1NS(=O)(=O)c1ccc(C(=O)O)cn1. The Labute approximate surface area is 124 Å². The van der Waals surface area contributed by atoms with Crippen LogP contribution in [0.15, 0.2) is 23.4 Å². The summed E-state index contributed by atoms with van der Waals surface area (Å²) in [6.45, 7) is 2.07. The van der Waals surface area contributed by atoms with E-state index in [1.54, 1.807) is 0 Å². The molecule has 1 fully saturated rings. The molecule has 0 aliphatic heterocycles. The first kappa shape index (κ1) is 15.9. The van der Waals surface area contributed by atoms with Crippen LogP contribution in [-0.2, 0) is 10.0 Å². The van der Waals surface area contributed by atoms with Crippen molar-refractivity contribution in [2.24, 2.45) is 5.92 Å². The highest BCUT2D eigenvalue weighted by Crippen LogP contribution is 2.27. The molecule has 0 radical (unpaired) electrons. The normalized spacial score (nSPS) is 22.9. The molecule has 1 aromatic rings. The van der Waals surface area contributed by atoms with Crippen LogP contribution in [0, 0.1) is 5.92 Å². The summed E-state index contributed by atoms with van der Waals surface area (Å²) in [5.74, 6) is -0.774. The molecule has 0 spiro atoms. The number of aromatic nitrogens is 1. The van der Waals surface area contributed by atoms with Crippen molar-refractivity contribution in [3.05, 3.63) is 23.9 Å². The molecular formula is C14H20N2O4S. The van der Waals surface area contributed by atoms with Gasteiger partial charge >= 0.3 is 5.97 Å². The van der Waals surface area contributed by atoms with Crippen LogP contribution in [0.2, 0.25) is 0 Å². The molecule has 1 heterocycles. The Morgan fingerprint density at radius 2 is 2.10 bits per heavy atom. The number of carboxylic acid groups (broad SMARTS) is 1. The monoisotopic (exact) mass is 312 g/mol. The van der Waals surface area contributed by atoms with Crippen LogP contribution >= 0.6 is 0 Å². The predicted octanol–water partition coefficient (Wildman–Crippen LogP) is 2.03. The van der Waals surface area contributed by atoms with Crippen molar-refractivity contribution in [1.29, 1.82) is 0 Å². The summed E-state index contributed by atoms with van der Waals surface area (Å²) >= 11 is 0. The number of carboxylic acids is 1. The maximum atomic E-state index is 12.3. The van der Waals surface area contributed by atoms with E-state index in [1.165, 1.54) is 12.1 Å². The molecule has 1 aliphatic carbocycles. The Morgan fingerprint density at radius 1 is 1.38 bits per heavy atom. The number of hydrogen-bond acceptors (Lipinski definition) is 4. The van der Waals surface area contributed by atoms with E-state index >= 15 is 0 Å². The van der Waals surface area contributed by atoms with Gasteiger partial charge in [0.25, 0.3) is 10.0 Å². The molecule has 21 heavy (non-hydrogen) atoms. The van der Waals surface area contributed by atoms with Crippen molar-refractivity contribution < 1.29 is 18.3 Å². The Hall–Kier alpha value is -1.47. The van der Waals surface area contributed by atoms with Crippen molar-refractivity contribution in [1.82, 2.24) is 9.71 Å². The number of nitrogens with zero attached hydrogens (tertiary/aromatic N) is 1. The molecule has 1 saturated carbocycles. The van der Waals surface area contributed by atoms with Crippen molar-refractivity contribution in [2.75, 3.05) is 0 Å². The second-order valence-corrected chi connectivity index (χ2v) is 7.03. The molecule has 6 nitrogen and oxygen atoms in total. The third kappa shape index (κ3) is 3.79. The van der Waals surface area contributed by atoms with Gasteiger partial charge < -0.3 is 5.11 Å². The van der Waals surface area contributed by atoms with Crippen LogP contribution in [0.25, 0.3) is 0 Å². The van der Waals surface area contributed by atoms with Crippen molar-refractivity contribution in [2.45, 2.75) is 50.1 Å². The molecule has 2 atom stereocenters. The first-order valence-electron chi connectivity index (χ1n) is 7.15. The second-order valence-electron chi connectivity index (χ2n) is 5.37. The largest absolute Gasteiger partial charge is 0.478 e.